The lowest BCUT2D eigenvalue weighted by Crippen LogP contribution is -2.10. The molecule has 1 N–H and O–H groups in total. The molecular weight excluding hydrogens is 448 g/mol. The lowest BCUT2D eigenvalue weighted by Gasteiger charge is -2.11. The van der Waals surface area contributed by atoms with Crippen molar-refractivity contribution in [1.82, 2.24) is 19.7 Å². The summed E-state index contributed by atoms with van der Waals surface area (Å²) < 4.78 is 1.94. The number of hydrogen-bond acceptors (Lipinski definition) is 7. The molecule has 0 bridgehead atoms. The molecule has 0 spiro atoms. The first-order valence-electron chi connectivity index (χ1n) is 10.7. The Morgan fingerprint density at radius 2 is 1.85 bits per heavy atom. The number of carboxylic acids is 1. The van der Waals surface area contributed by atoms with Gasteiger partial charge in [0.25, 0.3) is 0 Å². The van der Waals surface area contributed by atoms with Crippen molar-refractivity contribution in [2.45, 2.75) is 33.2 Å². The zero-order chi connectivity index (χ0) is 24.0. The Bertz CT molecular complexity index is 1490. The van der Waals surface area contributed by atoms with Crippen molar-refractivity contribution < 1.29 is 9.90 Å². The van der Waals surface area contributed by atoms with Gasteiger partial charge in [0.2, 0.25) is 0 Å². The van der Waals surface area contributed by atoms with Gasteiger partial charge >= 0.3 is 5.97 Å². The van der Waals surface area contributed by atoms with Crippen LogP contribution in [0.5, 0.6) is 0 Å². The zero-order valence-electron chi connectivity index (χ0n) is 18.8. The predicted molar refractivity (Wildman–Crippen MR) is 128 cm³/mol. The molecule has 8 nitrogen and oxygen atoms in total. The summed E-state index contributed by atoms with van der Waals surface area (Å²) in [4.78, 5) is 22.1. The van der Waals surface area contributed by atoms with Gasteiger partial charge in [-0.15, -0.1) is 21.5 Å². The lowest BCUT2D eigenvalue weighted by molar-refractivity contribution is -0.137. The van der Waals surface area contributed by atoms with Crippen molar-refractivity contribution in [2.24, 2.45) is 4.99 Å². The molecule has 3 aromatic heterocycles. The van der Waals surface area contributed by atoms with Gasteiger partial charge < -0.3 is 5.11 Å². The number of fused-ring (bicyclic) bond motifs is 3. The van der Waals surface area contributed by atoms with Crippen LogP contribution in [0.3, 0.4) is 0 Å². The Balaban J connectivity index is 1.65. The van der Waals surface area contributed by atoms with Gasteiger partial charge in [-0.25, -0.2) is 0 Å². The van der Waals surface area contributed by atoms with Gasteiger partial charge in [0.15, 0.2) is 5.82 Å². The fraction of sp³-hybridized carbons (Fsp3) is 0.200. The van der Waals surface area contributed by atoms with Gasteiger partial charge in [-0.3, -0.25) is 19.3 Å². The van der Waals surface area contributed by atoms with Crippen LogP contribution in [0.2, 0.25) is 0 Å². The molecule has 0 saturated carbocycles. The molecule has 1 aliphatic heterocycles. The molecule has 0 amide bonds. The average molecular weight is 469 g/mol. The van der Waals surface area contributed by atoms with Crippen molar-refractivity contribution in [1.29, 1.82) is 5.26 Å². The molecule has 168 valence electrons. The van der Waals surface area contributed by atoms with Gasteiger partial charge in [-0.1, -0.05) is 24.3 Å². The summed E-state index contributed by atoms with van der Waals surface area (Å²) in [6.07, 6.45) is 1.37. The molecule has 4 heterocycles. The summed E-state index contributed by atoms with van der Waals surface area (Å²) in [7, 11) is 0. The van der Waals surface area contributed by atoms with Gasteiger partial charge in [0.05, 0.1) is 23.4 Å². The maximum atomic E-state index is 11.7. The number of rotatable bonds is 4. The zero-order valence-corrected chi connectivity index (χ0v) is 19.6. The third-order valence-electron chi connectivity index (χ3n) is 5.95. The molecular formula is C25H20N6O2S. The van der Waals surface area contributed by atoms with Crippen LogP contribution in [0.4, 0.5) is 0 Å². The molecule has 1 aromatic carbocycles. The van der Waals surface area contributed by atoms with Crippen LogP contribution in [0, 0.1) is 32.1 Å². The third kappa shape index (κ3) is 3.58. The summed E-state index contributed by atoms with van der Waals surface area (Å²) in [5, 5.41) is 28.0. The third-order valence-corrected chi connectivity index (χ3v) is 7.15. The van der Waals surface area contributed by atoms with Crippen LogP contribution in [-0.2, 0) is 4.79 Å². The van der Waals surface area contributed by atoms with E-state index in [9.17, 15) is 9.90 Å². The summed E-state index contributed by atoms with van der Waals surface area (Å²) in [6.45, 7) is 6.00. The molecule has 0 saturated heterocycles. The molecule has 0 aliphatic carbocycles. The Labute approximate surface area is 199 Å². The van der Waals surface area contributed by atoms with E-state index in [4.69, 9.17) is 10.3 Å². The van der Waals surface area contributed by atoms with E-state index >= 15 is 0 Å². The van der Waals surface area contributed by atoms with E-state index in [-0.39, 0.29) is 6.42 Å². The fourth-order valence-corrected chi connectivity index (χ4v) is 5.33. The number of hydrogen-bond donors (Lipinski definition) is 1. The molecule has 1 atom stereocenters. The van der Waals surface area contributed by atoms with E-state index in [2.05, 4.69) is 35.1 Å². The largest absolute Gasteiger partial charge is 0.481 e. The summed E-state index contributed by atoms with van der Waals surface area (Å²) in [5.41, 5.74) is 5.89. The maximum absolute atomic E-state index is 11.7. The molecule has 34 heavy (non-hydrogen) atoms. The van der Waals surface area contributed by atoms with Gasteiger partial charge in [0.1, 0.15) is 22.9 Å². The van der Waals surface area contributed by atoms with Gasteiger partial charge in [-0.05, 0) is 38.5 Å². The number of aromatic nitrogens is 4. The number of thiophene rings is 1. The molecule has 4 aromatic rings. The molecule has 1 aliphatic rings. The minimum Gasteiger partial charge on any atom is -0.481 e. The van der Waals surface area contributed by atoms with Crippen LogP contribution in [-0.4, -0.2) is 36.5 Å². The van der Waals surface area contributed by atoms with Crippen LogP contribution in [0.25, 0.3) is 16.3 Å². The number of pyridine rings is 1. The standard InChI is InChI=1S/C25H20N6O2S/c1-13-14(2)34-25-22(13)23(28-20(10-21(32)33)24-30-29-15(3)31(24)25)18-7-5-17(6-8-18)19-9-4-16(11-26)12-27-19/h4-9,12,20H,10H2,1-3H3,(H,32,33)/t20-/m0/s1. The van der Waals surface area contributed by atoms with Crippen molar-refractivity contribution >= 4 is 23.0 Å². The highest BCUT2D eigenvalue weighted by atomic mass is 32.1. The second-order valence-electron chi connectivity index (χ2n) is 8.12. The topological polar surface area (TPSA) is 117 Å². The number of carbonyl (C=O) groups is 1. The van der Waals surface area contributed by atoms with Crippen molar-refractivity contribution in [3.05, 3.63) is 81.4 Å². The lowest BCUT2D eigenvalue weighted by atomic mass is 9.98. The first-order chi connectivity index (χ1) is 16.4. The van der Waals surface area contributed by atoms with E-state index in [1.54, 1.807) is 23.6 Å². The minimum absolute atomic E-state index is 0.179. The Kier molecular flexibility index (Phi) is 5.30. The monoisotopic (exact) mass is 468 g/mol. The van der Waals surface area contributed by atoms with Gasteiger partial charge in [-0.2, -0.15) is 5.26 Å². The Morgan fingerprint density at radius 3 is 2.50 bits per heavy atom. The number of aliphatic imine (C=N–C) groups is 1. The highest BCUT2D eigenvalue weighted by Gasteiger charge is 2.32. The van der Waals surface area contributed by atoms with Crippen molar-refractivity contribution in [2.75, 3.05) is 0 Å². The normalized spacial score (nSPS) is 14.5. The van der Waals surface area contributed by atoms with E-state index in [0.29, 0.717) is 17.2 Å². The number of aryl methyl sites for hydroxylation is 2. The van der Waals surface area contributed by atoms with Crippen molar-refractivity contribution in [3.8, 4) is 22.3 Å². The van der Waals surface area contributed by atoms with E-state index in [0.717, 1.165) is 43.5 Å². The van der Waals surface area contributed by atoms with Crippen LogP contribution in [0.15, 0.2) is 47.6 Å². The number of carboxylic acid groups (broad SMARTS) is 1. The average Bonchev–Trinajstić information content (AvgIpc) is 3.31. The SMILES string of the molecule is Cc1sc2c(c1C)C(c1ccc(-c3ccc(C#N)cn3)cc1)=N[C@@H](CC(=O)O)c1nnc(C)n1-2. The van der Waals surface area contributed by atoms with Gasteiger partial charge in [0, 0.05) is 27.8 Å². The maximum Gasteiger partial charge on any atom is 0.306 e. The summed E-state index contributed by atoms with van der Waals surface area (Å²) in [6, 6.07) is 12.8. The highest BCUT2D eigenvalue weighted by molar-refractivity contribution is 7.15. The molecule has 9 heteroatoms. The first-order valence-corrected chi connectivity index (χ1v) is 11.5. The minimum atomic E-state index is -0.944. The quantitative estimate of drug-likeness (QED) is 0.469. The number of aliphatic carboxylic acids is 1. The first kappa shape index (κ1) is 21.7. The van der Waals surface area contributed by atoms with Crippen LogP contribution >= 0.6 is 11.3 Å². The number of nitrogens with zero attached hydrogens (tertiary/aromatic N) is 6. The van der Waals surface area contributed by atoms with Crippen molar-refractivity contribution in [3.63, 3.8) is 0 Å². The van der Waals surface area contributed by atoms with E-state index in [1.165, 1.54) is 0 Å². The van der Waals surface area contributed by atoms with Crippen LogP contribution < -0.4 is 0 Å². The second kappa shape index (κ2) is 8.32. The summed E-state index contributed by atoms with van der Waals surface area (Å²) in [5.74, 6) is 0.295. The second-order valence-corrected chi connectivity index (χ2v) is 9.32. The Morgan fingerprint density at radius 1 is 1.12 bits per heavy atom. The number of nitriles is 1. The fourth-order valence-electron chi connectivity index (χ4n) is 4.12. The predicted octanol–water partition coefficient (Wildman–Crippen LogP) is 4.55. The highest BCUT2D eigenvalue weighted by Crippen LogP contribution is 2.39. The molecule has 0 fully saturated rings. The number of benzene rings is 1. The van der Waals surface area contributed by atoms with E-state index < -0.39 is 12.0 Å². The molecule has 0 radical (unpaired) electrons. The summed E-state index contributed by atoms with van der Waals surface area (Å²) >= 11 is 1.63. The Hall–Kier alpha value is -4.16. The molecule has 5 rings (SSSR count). The van der Waals surface area contributed by atoms with Crippen LogP contribution in [0.1, 0.15) is 51.2 Å². The smallest absolute Gasteiger partial charge is 0.306 e. The van der Waals surface area contributed by atoms with E-state index in [1.807, 2.05) is 41.8 Å². The molecule has 0 unspecified atom stereocenters.